The summed E-state index contributed by atoms with van der Waals surface area (Å²) in [6.07, 6.45) is -1.31. The number of halogens is 2. The Hall–Kier alpha value is -1.30. The second-order valence-corrected chi connectivity index (χ2v) is 5.76. The van der Waals surface area contributed by atoms with E-state index in [1.54, 1.807) is 10.1 Å². The number of nitrogens with two attached hydrogens (primary N) is 1. The molecule has 0 saturated carbocycles. The van der Waals surface area contributed by atoms with Gasteiger partial charge in [-0.1, -0.05) is 0 Å². The van der Waals surface area contributed by atoms with Gasteiger partial charge in [0, 0.05) is 11.6 Å². The van der Waals surface area contributed by atoms with Gasteiger partial charge in [0.25, 0.3) is 16.4 Å². The molecule has 100 valence electrons. The molecule has 0 aliphatic heterocycles. The van der Waals surface area contributed by atoms with Crippen LogP contribution in [0.5, 0.6) is 0 Å². The number of rotatable bonds is 5. The van der Waals surface area contributed by atoms with Crippen molar-refractivity contribution < 1.29 is 17.2 Å². The van der Waals surface area contributed by atoms with E-state index in [1.807, 2.05) is 0 Å². The summed E-state index contributed by atoms with van der Waals surface area (Å²) in [6, 6.07) is 0. The van der Waals surface area contributed by atoms with Crippen LogP contribution >= 0.6 is 11.3 Å². The number of thiazole rings is 1. The maximum Gasteiger partial charge on any atom is 0.260 e. The molecule has 7 nitrogen and oxygen atoms in total. The van der Waals surface area contributed by atoms with Crippen LogP contribution < -0.4 is 16.0 Å². The lowest BCUT2D eigenvalue weighted by Gasteiger charge is -2.06. The van der Waals surface area contributed by atoms with E-state index in [-0.39, 0.29) is 10.8 Å². The minimum atomic E-state index is -4.12. The molecule has 2 aromatic rings. The number of nitrogen functional groups attached to an aromatic ring is 1. The predicted octanol–water partition coefficient (Wildman–Crippen LogP) is 0.225. The van der Waals surface area contributed by atoms with Crippen molar-refractivity contribution in [1.82, 2.24) is 14.1 Å². The maximum absolute atomic E-state index is 12.1. The van der Waals surface area contributed by atoms with Crippen molar-refractivity contribution in [3.05, 3.63) is 11.6 Å². The molecular weight excluding hydrogens is 288 g/mol. The molecule has 0 spiro atoms. The number of hydrazine groups is 1. The number of imidazole rings is 1. The molecule has 18 heavy (non-hydrogen) atoms. The molecule has 0 atom stereocenters. The monoisotopic (exact) mass is 297 g/mol. The molecule has 11 heteroatoms. The number of anilines is 1. The van der Waals surface area contributed by atoms with Crippen LogP contribution in [0, 0.1) is 0 Å². The Balaban J connectivity index is 2.48. The highest BCUT2D eigenvalue weighted by atomic mass is 32.2. The minimum Gasteiger partial charge on any atom is -0.306 e. The Morgan fingerprint density at radius 2 is 2.28 bits per heavy atom. The fourth-order valence-corrected chi connectivity index (χ4v) is 3.38. The van der Waals surface area contributed by atoms with Gasteiger partial charge in [0.05, 0.1) is 6.54 Å². The molecule has 0 amide bonds. The van der Waals surface area contributed by atoms with E-state index in [4.69, 9.17) is 5.84 Å². The van der Waals surface area contributed by atoms with E-state index in [0.29, 0.717) is 4.96 Å². The summed E-state index contributed by atoms with van der Waals surface area (Å²) in [5.74, 6) is 5.07. The Kier molecular flexibility index (Phi) is 3.47. The summed E-state index contributed by atoms with van der Waals surface area (Å²) < 4.78 is 50.9. The summed E-state index contributed by atoms with van der Waals surface area (Å²) in [6.45, 7) is -0.969. The molecule has 4 N–H and O–H groups in total. The summed E-state index contributed by atoms with van der Waals surface area (Å²) in [4.78, 5) is 4.31. The number of nitrogens with one attached hydrogen (secondary N) is 2. The Morgan fingerprint density at radius 1 is 1.56 bits per heavy atom. The summed E-state index contributed by atoms with van der Waals surface area (Å²) in [7, 11) is -4.12. The van der Waals surface area contributed by atoms with Crippen LogP contribution in [0.25, 0.3) is 4.96 Å². The van der Waals surface area contributed by atoms with Crippen LogP contribution in [-0.4, -0.2) is 30.8 Å². The number of hydrogen-bond donors (Lipinski definition) is 3. The van der Waals surface area contributed by atoms with Gasteiger partial charge in [-0.2, -0.15) is 4.98 Å². The van der Waals surface area contributed by atoms with Gasteiger partial charge in [-0.3, -0.25) is 4.40 Å². The first-order valence-electron chi connectivity index (χ1n) is 4.65. The van der Waals surface area contributed by atoms with Crippen LogP contribution in [-0.2, 0) is 10.0 Å². The molecule has 0 unspecified atom stereocenters. The van der Waals surface area contributed by atoms with Gasteiger partial charge in [-0.25, -0.2) is 27.8 Å². The standard InChI is InChI=1S/C7H9F2N5O2S2/c8-4(9)3-11-18(15,16)6-5(13-10)12-7-14(6)1-2-17-7/h1-2,4,11,13H,3,10H2. The number of aromatic nitrogens is 2. The third-order valence-corrected chi connectivity index (χ3v) is 4.24. The average molecular weight is 297 g/mol. The highest BCUT2D eigenvalue weighted by molar-refractivity contribution is 7.89. The molecule has 0 radical (unpaired) electrons. The molecule has 0 aliphatic rings. The molecule has 0 fully saturated rings. The average Bonchev–Trinajstić information content (AvgIpc) is 2.84. The highest BCUT2D eigenvalue weighted by Crippen LogP contribution is 2.24. The second kappa shape index (κ2) is 4.76. The maximum atomic E-state index is 12.1. The van der Waals surface area contributed by atoms with Crippen molar-refractivity contribution in [2.75, 3.05) is 12.0 Å². The summed E-state index contributed by atoms with van der Waals surface area (Å²) >= 11 is 1.19. The SMILES string of the molecule is NNc1nc2sccn2c1S(=O)(=O)NCC(F)F. The van der Waals surface area contributed by atoms with E-state index >= 15 is 0 Å². The summed E-state index contributed by atoms with van der Waals surface area (Å²) in [5, 5.41) is 1.33. The van der Waals surface area contributed by atoms with Crippen LogP contribution in [0.2, 0.25) is 0 Å². The molecule has 2 heterocycles. The second-order valence-electron chi connectivity index (χ2n) is 3.21. The number of hydrogen-bond acceptors (Lipinski definition) is 6. The zero-order valence-electron chi connectivity index (χ0n) is 8.80. The van der Waals surface area contributed by atoms with Crippen molar-refractivity contribution in [3.63, 3.8) is 0 Å². The van der Waals surface area contributed by atoms with E-state index < -0.39 is 23.0 Å². The van der Waals surface area contributed by atoms with Crippen LogP contribution in [0.3, 0.4) is 0 Å². The molecular formula is C7H9F2N5O2S2. The largest absolute Gasteiger partial charge is 0.306 e. The quantitative estimate of drug-likeness (QED) is 0.541. The van der Waals surface area contributed by atoms with Crippen molar-refractivity contribution in [3.8, 4) is 0 Å². The lowest BCUT2D eigenvalue weighted by atomic mass is 10.7. The fraction of sp³-hybridized carbons (Fsp3) is 0.286. The van der Waals surface area contributed by atoms with E-state index in [9.17, 15) is 17.2 Å². The van der Waals surface area contributed by atoms with Gasteiger partial charge in [-0.15, -0.1) is 11.3 Å². The minimum absolute atomic E-state index is 0.0939. The van der Waals surface area contributed by atoms with Gasteiger partial charge in [0.2, 0.25) is 5.03 Å². The van der Waals surface area contributed by atoms with Gasteiger partial charge in [-0.05, 0) is 0 Å². The van der Waals surface area contributed by atoms with E-state index in [0.717, 1.165) is 0 Å². The van der Waals surface area contributed by atoms with Gasteiger partial charge in [0.15, 0.2) is 10.8 Å². The topological polar surface area (TPSA) is 102 Å². The van der Waals surface area contributed by atoms with Gasteiger partial charge in [0.1, 0.15) is 0 Å². The fourth-order valence-electron chi connectivity index (χ4n) is 1.36. The molecule has 0 saturated heterocycles. The lowest BCUT2D eigenvalue weighted by Crippen LogP contribution is -2.30. The van der Waals surface area contributed by atoms with E-state index in [2.05, 4.69) is 10.4 Å². The van der Waals surface area contributed by atoms with Crippen LogP contribution in [0.4, 0.5) is 14.6 Å². The van der Waals surface area contributed by atoms with Gasteiger partial charge >= 0.3 is 0 Å². The van der Waals surface area contributed by atoms with Crippen LogP contribution in [0.15, 0.2) is 16.6 Å². The van der Waals surface area contributed by atoms with Crippen molar-refractivity contribution in [2.24, 2.45) is 5.84 Å². The summed E-state index contributed by atoms with van der Waals surface area (Å²) in [5.41, 5.74) is 2.13. The van der Waals surface area contributed by atoms with Gasteiger partial charge < -0.3 is 5.43 Å². The zero-order chi connectivity index (χ0) is 13.3. The normalized spacial score (nSPS) is 12.4. The van der Waals surface area contributed by atoms with Crippen molar-refractivity contribution >= 4 is 32.1 Å². The zero-order valence-corrected chi connectivity index (χ0v) is 10.4. The Bertz CT molecular complexity index is 650. The first-order chi connectivity index (χ1) is 8.45. The highest BCUT2D eigenvalue weighted by Gasteiger charge is 2.26. The van der Waals surface area contributed by atoms with Crippen LogP contribution in [0.1, 0.15) is 0 Å². The van der Waals surface area contributed by atoms with E-state index in [1.165, 1.54) is 21.9 Å². The number of sulfonamides is 1. The lowest BCUT2D eigenvalue weighted by molar-refractivity contribution is 0.153. The molecule has 0 aromatic carbocycles. The number of alkyl halides is 2. The third-order valence-electron chi connectivity index (χ3n) is 2.04. The Labute approximate surface area is 105 Å². The molecule has 0 bridgehead atoms. The molecule has 2 aromatic heterocycles. The predicted molar refractivity (Wildman–Crippen MR) is 62.1 cm³/mol. The Morgan fingerprint density at radius 3 is 2.89 bits per heavy atom. The molecule has 0 aliphatic carbocycles. The first-order valence-corrected chi connectivity index (χ1v) is 7.02. The smallest absolute Gasteiger partial charge is 0.260 e. The number of fused-ring (bicyclic) bond motifs is 1. The molecule has 2 rings (SSSR count). The van der Waals surface area contributed by atoms with Crippen molar-refractivity contribution in [1.29, 1.82) is 0 Å². The van der Waals surface area contributed by atoms with Crippen molar-refractivity contribution in [2.45, 2.75) is 11.5 Å². The number of nitrogens with zero attached hydrogens (tertiary/aromatic N) is 2. The third kappa shape index (κ3) is 2.29. The first kappa shape index (κ1) is 13.1.